The predicted molar refractivity (Wildman–Crippen MR) is 128 cm³/mol. The van der Waals surface area contributed by atoms with Crippen molar-refractivity contribution in [3.05, 3.63) is 46.8 Å². The molecule has 1 aliphatic carbocycles. The number of aromatic nitrogens is 1. The maximum atomic E-state index is 5.34. The zero-order valence-electron chi connectivity index (χ0n) is 19.9. The van der Waals surface area contributed by atoms with Crippen LogP contribution in [-0.4, -0.2) is 16.3 Å². The molecule has 0 atom stereocenters. The monoisotopic (exact) mass is 399 g/mol. The Kier molecular flexibility index (Phi) is 7.71. The Hall–Kier alpha value is -0.940. The van der Waals surface area contributed by atoms with Gasteiger partial charge in [0.25, 0.3) is 0 Å². The minimum Gasteiger partial charge on any atom is -0.252 e. The molecule has 0 N–H and O–H groups in total. The Morgan fingerprint density at radius 3 is 2.00 bits per heavy atom. The van der Waals surface area contributed by atoms with E-state index >= 15 is 0 Å². The summed E-state index contributed by atoms with van der Waals surface area (Å²) in [6.07, 6.45) is 4.80. The van der Waals surface area contributed by atoms with Gasteiger partial charge in [-0.3, -0.25) is 4.98 Å². The first-order chi connectivity index (χ1) is 13.0. The number of allylic oxidation sites excluding steroid dienone is 4. The highest BCUT2D eigenvalue weighted by atomic mass is 31.1. The molecule has 1 aliphatic rings. The van der Waals surface area contributed by atoms with E-state index in [0.717, 1.165) is 0 Å². The van der Waals surface area contributed by atoms with E-state index < -0.39 is 0 Å². The summed E-state index contributed by atoms with van der Waals surface area (Å²) in [5.74, 6) is 1.10. The molecule has 2 rings (SSSR count). The van der Waals surface area contributed by atoms with Gasteiger partial charge in [0.1, 0.15) is 0 Å². The van der Waals surface area contributed by atoms with E-state index in [1.54, 1.807) is 5.57 Å². The maximum Gasteiger partial charge on any atom is 0.0708 e. The SMILES string of the molecule is CC(C)C1=CCCC(C(C)C)=C1c1cccc(C(C)(C)P(C(C)C)C(C)C)n1. The molecule has 0 radical (unpaired) electrons. The van der Waals surface area contributed by atoms with Crippen LogP contribution in [0.4, 0.5) is 0 Å². The average Bonchev–Trinajstić information content (AvgIpc) is 2.60. The van der Waals surface area contributed by atoms with E-state index in [0.29, 0.717) is 23.2 Å². The van der Waals surface area contributed by atoms with Crippen molar-refractivity contribution in [2.24, 2.45) is 11.8 Å². The van der Waals surface area contributed by atoms with Gasteiger partial charge in [0.2, 0.25) is 0 Å². The van der Waals surface area contributed by atoms with Crippen LogP contribution in [0.2, 0.25) is 0 Å². The Morgan fingerprint density at radius 1 is 0.893 bits per heavy atom. The zero-order chi connectivity index (χ0) is 21.2. The highest BCUT2D eigenvalue weighted by molar-refractivity contribution is 7.60. The fourth-order valence-electron chi connectivity index (χ4n) is 5.14. The Morgan fingerprint density at radius 2 is 1.50 bits per heavy atom. The third kappa shape index (κ3) is 4.79. The molecule has 1 aromatic heterocycles. The van der Waals surface area contributed by atoms with Crippen LogP contribution in [0.5, 0.6) is 0 Å². The lowest BCUT2D eigenvalue weighted by molar-refractivity contribution is 0.686. The van der Waals surface area contributed by atoms with Gasteiger partial charge < -0.3 is 0 Å². The van der Waals surface area contributed by atoms with Gasteiger partial charge in [-0.1, -0.05) is 94.9 Å². The molecule has 1 heterocycles. The number of hydrogen-bond donors (Lipinski definition) is 0. The predicted octanol–water partition coefficient (Wildman–Crippen LogP) is 8.40. The number of nitrogens with zero attached hydrogens (tertiary/aromatic N) is 1. The summed E-state index contributed by atoms with van der Waals surface area (Å²) in [6.45, 7) is 23.7. The summed E-state index contributed by atoms with van der Waals surface area (Å²) >= 11 is 0. The summed E-state index contributed by atoms with van der Waals surface area (Å²) in [6, 6.07) is 6.75. The number of pyridine rings is 1. The van der Waals surface area contributed by atoms with Crippen molar-refractivity contribution in [2.45, 2.75) is 98.6 Å². The minimum absolute atomic E-state index is 0.114. The molecule has 0 amide bonds. The van der Waals surface area contributed by atoms with Crippen molar-refractivity contribution in [1.82, 2.24) is 4.98 Å². The lowest BCUT2D eigenvalue weighted by Gasteiger charge is -2.40. The molecule has 0 aromatic carbocycles. The van der Waals surface area contributed by atoms with Gasteiger partial charge in [-0.15, -0.1) is 0 Å². The second kappa shape index (κ2) is 9.25. The third-order valence-corrected chi connectivity index (χ3v) is 9.84. The van der Waals surface area contributed by atoms with Crippen LogP contribution < -0.4 is 0 Å². The fourth-order valence-corrected chi connectivity index (χ4v) is 9.31. The van der Waals surface area contributed by atoms with Gasteiger partial charge in [0.15, 0.2) is 0 Å². The van der Waals surface area contributed by atoms with E-state index in [-0.39, 0.29) is 13.1 Å². The average molecular weight is 400 g/mol. The van der Waals surface area contributed by atoms with Crippen LogP contribution in [0.25, 0.3) is 5.57 Å². The first-order valence-corrected chi connectivity index (χ1v) is 12.7. The number of rotatable bonds is 7. The lowest BCUT2D eigenvalue weighted by atomic mass is 9.79. The smallest absolute Gasteiger partial charge is 0.0708 e. The van der Waals surface area contributed by atoms with Gasteiger partial charge in [-0.2, -0.15) is 0 Å². The van der Waals surface area contributed by atoms with E-state index in [4.69, 9.17) is 4.98 Å². The highest BCUT2D eigenvalue weighted by Gasteiger charge is 2.36. The van der Waals surface area contributed by atoms with Crippen LogP contribution in [-0.2, 0) is 5.16 Å². The molecule has 0 saturated carbocycles. The van der Waals surface area contributed by atoms with Crippen molar-refractivity contribution in [1.29, 1.82) is 0 Å². The number of hydrogen-bond acceptors (Lipinski definition) is 1. The standard InChI is InChI=1S/C26H42NP/c1-17(2)21-13-11-14-22(18(3)4)25(21)23-15-12-16-24(27-23)26(9,10)28(19(5)6)20(7)8/h12-13,15-20H,11,14H2,1-10H3. The summed E-state index contributed by atoms with van der Waals surface area (Å²) in [4.78, 5) is 5.34. The van der Waals surface area contributed by atoms with Crippen LogP contribution >= 0.6 is 7.92 Å². The van der Waals surface area contributed by atoms with Crippen LogP contribution in [0.1, 0.15) is 93.5 Å². The minimum atomic E-state index is -0.168. The molecule has 1 aromatic rings. The van der Waals surface area contributed by atoms with Crippen molar-refractivity contribution in [2.75, 3.05) is 0 Å². The van der Waals surface area contributed by atoms with E-state index in [2.05, 4.69) is 93.5 Å². The van der Waals surface area contributed by atoms with Gasteiger partial charge in [-0.25, -0.2) is 0 Å². The summed E-state index contributed by atoms with van der Waals surface area (Å²) in [5.41, 5.74) is 8.37. The molecule has 2 heteroatoms. The quantitative estimate of drug-likeness (QED) is 0.419. The molecule has 156 valence electrons. The molecule has 0 saturated heterocycles. The summed E-state index contributed by atoms with van der Waals surface area (Å²) in [5, 5.41) is 0.114. The summed E-state index contributed by atoms with van der Waals surface area (Å²) < 4.78 is 0. The normalized spacial score (nSPS) is 16.2. The Labute approximate surface area is 175 Å². The van der Waals surface area contributed by atoms with Gasteiger partial charge >= 0.3 is 0 Å². The van der Waals surface area contributed by atoms with E-state index in [1.165, 1.54) is 35.4 Å². The topological polar surface area (TPSA) is 12.9 Å². The Balaban J connectivity index is 2.61. The molecule has 0 fully saturated rings. The molecule has 0 bridgehead atoms. The maximum absolute atomic E-state index is 5.34. The van der Waals surface area contributed by atoms with Crippen LogP contribution in [0.15, 0.2) is 35.4 Å². The first-order valence-electron chi connectivity index (χ1n) is 11.2. The Bertz CT molecular complexity index is 727. The highest BCUT2D eigenvalue weighted by Crippen LogP contribution is 2.61. The summed E-state index contributed by atoms with van der Waals surface area (Å²) in [7, 11) is -0.168. The molecule has 0 aliphatic heterocycles. The third-order valence-electron chi connectivity index (χ3n) is 6.10. The van der Waals surface area contributed by atoms with Gasteiger partial charge in [0.05, 0.1) is 11.4 Å². The second-order valence-corrected chi connectivity index (χ2v) is 14.0. The molecule has 0 unspecified atom stereocenters. The van der Waals surface area contributed by atoms with Crippen molar-refractivity contribution in [3.8, 4) is 0 Å². The van der Waals surface area contributed by atoms with E-state index in [1.807, 2.05) is 0 Å². The molecule has 0 spiro atoms. The van der Waals surface area contributed by atoms with Gasteiger partial charge in [0, 0.05) is 10.7 Å². The molecular weight excluding hydrogens is 357 g/mol. The van der Waals surface area contributed by atoms with Crippen molar-refractivity contribution in [3.63, 3.8) is 0 Å². The second-order valence-electron chi connectivity index (χ2n) is 9.97. The zero-order valence-corrected chi connectivity index (χ0v) is 20.8. The fraction of sp³-hybridized carbons (Fsp3) is 0.654. The lowest BCUT2D eigenvalue weighted by Crippen LogP contribution is -2.25. The largest absolute Gasteiger partial charge is 0.252 e. The molecular formula is C26H42NP. The van der Waals surface area contributed by atoms with Crippen molar-refractivity contribution >= 4 is 13.5 Å². The van der Waals surface area contributed by atoms with Crippen LogP contribution in [0, 0.1) is 11.8 Å². The van der Waals surface area contributed by atoms with E-state index in [9.17, 15) is 0 Å². The molecule has 1 nitrogen and oxygen atoms in total. The molecule has 28 heavy (non-hydrogen) atoms. The van der Waals surface area contributed by atoms with Crippen LogP contribution in [0.3, 0.4) is 0 Å². The van der Waals surface area contributed by atoms with Gasteiger partial charge in [-0.05, 0) is 53.7 Å². The van der Waals surface area contributed by atoms with Crippen molar-refractivity contribution < 1.29 is 0 Å². The first kappa shape index (κ1) is 23.3.